The van der Waals surface area contributed by atoms with Gasteiger partial charge >= 0.3 is 5.97 Å². The van der Waals surface area contributed by atoms with Crippen molar-refractivity contribution in [3.8, 4) is 0 Å². The third-order valence-electron chi connectivity index (χ3n) is 2.86. The van der Waals surface area contributed by atoms with Crippen LogP contribution in [0.5, 0.6) is 0 Å². The Hall–Kier alpha value is -1.73. The van der Waals surface area contributed by atoms with Crippen molar-refractivity contribution in [2.45, 2.75) is 19.9 Å². The maximum atomic E-state index is 11.9. The van der Waals surface area contributed by atoms with Crippen LogP contribution in [0.25, 0.3) is 10.2 Å². The van der Waals surface area contributed by atoms with Crippen LogP contribution in [0.1, 0.15) is 19.2 Å². The van der Waals surface area contributed by atoms with Gasteiger partial charge < -0.3 is 9.72 Å². The summed E-state index contributed by atoms with van der Waals surface area (Å²) < 4.78 is 5.30. The van der Waals surface area contributed by atoms with Gasteiger partial charge in [-0.2, -0.15) is 0 Å². The SMILES string of the molecule is CCCN(CC(=O)OC)Cc1nc2ccsc2c(=O)[nH]1. The van der Waals surface area contributed by atoms with Crippen LogP contribution >= 0.6 is 11.3 Å². The number of nitrogens with zero attached hydrogens (tertiary/aromatic N) is 2. The third kappa shape index (κ3) is 3.43. The largest absolute Gasteiger partial charge is 0.468 e. The number of rotatable bonds is 6. The van der Waals surface area contributed by atoms with E-state index in [1.54, 1.807) is 0 Å². The number of aromatic nitrogens is 2. The summed E-state index contributed by atoms with van der Waals surface area (Å²) in [6, 6.07) is 1.82. The zero-order chi connectivity index (χ0) is 14.5. The molecule has 2 aromatic heterocycles. The minimum absolute atomic E-state index is 0.130. The van der Waals surface area contributed by atoms with Crippen molar-refractivity contribution in [3.63, 3.8) is 0 Å². The molecular weight excluding hydrogens is 278 g/mol. The van der Waals surface area contributed by atoms with E-state index in [1.807, 2.05) is 23.3 Å². The minimum atomic E-state index is -0.294. The highest BCUT2D eigenvalue weighted by Crippen LogP contribution is 2.14. The quantitative estimate of drug-likeness (QED) is 0.815. The summed E-state index contributed by atoms with van der Waals surface area (Å²) in [6.07, 6.45) is 0.905. The van der Waals surface area contributed by atoms with Gasteiger partial charge in [0.1, 0.15) is 10.5 Å². The molecule has 6 nitrogen and oxygen atoms in total. The molecule has 0 aromatic carbocycles. The molecule has 2 aromatic rings. The standard InChI is InChI=1S/C13H17N3O3S/c1-3-5-16(8-11(17)19-2)7-10-14-9-4-6-20-12(9)13(18)15-10/h4,6H,3,5,7-8H2,1-2H3,(H,14,15,18). The molecule has 108 valence electrons. The molecule has 0 aliphatic heterocycles. The van der Waals surface area contributed by atoms with Crippen LogP contribution in [0.2, 0.25) is 0 Å². The van der Waals surface area contributed by atoms with E-state index in [4.69, 9.17) is 0 Å². The second-order valence-corrected chi connectivity index (χ2v) is 5.35. The van der Waals surface area contributed by atoms with Crippen LogP contribution in [0, 0.1) is 0 Å². The molecule has 0 fully saturated rings. The number of carbonyl (C=O) groups is 1. The van der Waals surface area contributed by atoms with Crippen molar-refractivity contribution in [2.75, 3.05) is 20.2 Å². The summed E-state index contributed by atoms with van der Waals surface area (Å²) in [5.74, 6) is 0.274. The van der Waals surface area contributed by atoms with Gasteiger partial charge in [0.25, 0.3) is 5.56 Å². The number of H-pyrrole nitrogens is 1. The summed E-state index contributed by atoms with van der Waals surface area (Å²) in [5, 5.41) is 1.84. The van der Waals surface area contributed by atoms with Crippen molar-refractivity contribution in [2.24, 2.45) is 0 Å². The average Bonchev–Trinajstić information content (AvgIpc) is 2.87. The molecule has 2 rings (SSSR count). The lowest BCUT2D eigenvalue weighted by Gasteiger charge is -2.19. The Balaban J connectivity index is 2.19. The molecule has 0 aliphatic carbocycles. The van der Waals surface area contributed by atoms with E-state index in [2.05, 4.69) is 14.7 Å². The predicted octanol–water partition coefficient (Wildman–Crippen LogP) is 1.37. The molecule has 0 spiro atoms. The monoisotopic (exact) mass is 295 g/mol. The lowest BCUT2D eigenvalue weighted by molar-refractivity contribution is -0.142. The smallest absolute Gasteiger partial charge is 0.319 e. The number of fused-ring (bicyclic) bond motifs is 1. The molecule has 0 aliphatic rings. The van der Waals surface area contributed by atoms with E-state index >= 15 is 0 Å². The Morgan fingerprint density at radius 2 is 2.35 bits per heavy atom. The normalized spacial score (nSPS) is 11.2. The number of carbonyl (C=O) groups excluding carboxylic acids is 1. The first-order chi connectivity index (χ1) is 9.63. The van der Waals surface area contributed by atoms with Gasteiger partial charge in [-0.05, 0) is 24.4 Å². The fourth-order valence-electron chi connectivity index (χ4n) is 1.99. The van der Waals surface area contributed by atoms with Crippen LogP contribution in [0.4, 0.5) is 0 Å². The number of hydrogen-bond donors (Lipinski definition) is 1. The Morgan fingerprint density at radius 1 is 1.55 bits per heavy atom. The number of methoxy groups -OCH3 is 1. The first-order valence-corrected chi connectivity index (χ1v) is 7.27. The molecule has 0 amide bonds. The number of nitrogens with one attached hydrogen (secondary N) is 1. The third-order valence-corrected chi connectivity index (χ3v) is 3.76. The molecule has 0 unspecified atom stereocenters. The Kier molecular flexibility index (Phi) is 4.86. The van der Waals surface area contributed by atoms with Crippen molar-refractivity contribution < 1.29 is 9.53 Å². The number of esters is 1. The fourth-order valence-corrected chi connectivity index (χ4v) is 2.71. The van der Waals surface area contributed by atoms with E-state index in [9.17, 15) is 9.59 Å². The van der Waals surface area contributed by atoms with Gasteiger partial charge in [-0.15, -0.1) is 11.3 Å². The number of thiophene rings is 1. The highest BCUT2D eigenvalue weighted by molar-refractivity contribution is 7.17. The summed E-state index contributed by atoms with van der Waals surface area (Å²) in [4.78, 5) is 32.3. The lowest BCUT2D eigenvalue weighted by Crippen LogP contribution is -2.32. The van der Waals surface area contributed by atoms with Gasteiger partial charge in [-0.3, -0.25) is 14.5 Å². The first kappa shape index (κ1) is 14.7. The van der Waals surface area contributed by atoms with Gasteiger partial charge in [-0.25, -0.2) is 4.98 Å². The molecule has 1 N–H and O–H groups in total. The molecule has 0 radical (unpaired) electrons. The average molecular weight is 295 g/mol. The van der Waals surface area contributed by atoms with Crippen molar-refractivity contribution in [3.05, 3.63) is 27.6 Å². The van der Waals surface area contributed by atoms with Crippen molar-refractivity contribution in [1.82, 2.24) is 14.9 Å². The molecule has 0 atom stereocenters. The zero-order valence-electron chi connectivity index (χ0n) is 11.5. The number of aromatic amines is 1. The van der Waals surface area contributed by atoms with Crippen LogP contribution in [0.15, 0.2) is 16.2 Å². The van der Waals surface area contributed by atoms with Gasteiger partial charge in [0.2, 0.25) is 0 Å². The maximum Gasteiger partial charge on any atom is 0.319 e. The molecule has 0 bridgehead atoms. The summed E-state index contributed by atoms with van der Waals surface area (Å²) in [6.45, 7) is 3.38. The van der Waals surface area contributed by atoms with E-state index in [1.165, 1.54) is 18.4 Å². The summed E-state index contributed by atoms with van der Waals surface area (Å²) >= 11 is 1.37. The molecule has 20 heavy (non-hydrogen) atoms. The number of ether oxygens (including phenoxy) is 1. The molecule has 7 heteroatoms. The van der Waals surface area contributed by atoms with E-state index in [0.29, 0.717) is 22.6 Å². The second-order valence-electron chi connectivity index (χ2n) is 4.43. The van der Waals surface area contributed by atoms with Crippen LogP contribution < -0.4 is 5.56 Å². The predicted molar refractivity (Wildman–Crippen MR) is 77.8 cm³/mol. The van der Waals surface area contributed by atoms with E-state index in [0.717, 1.165) is 13.0 Å². The van der Waals surface area contributed by atoms with Gasteiger partial charge in [0, 0.05) is 0 Å². The van der Waals surface area contributed by atoms with Crippen LogP contribution in [-0.2, 0) is 16.1 Å². The molecular formula is C13H17N3O3S. The van der Waals surface area contributed by atoms with Gasteiger partial charge in [0.15, 0.2) is 0 Å². The highest BCUT2D eigenvalue weighted by atomic mass is 32.1. The lowest BCUT2D eigenvalue weighted by atomic mass is 10.3. The molecule has 0 saturated carbocycles. The minimum Gasteiger partial charge on any atom is -0.468 e. The maximum absolute atomic E-state index is 11.9. The number of hydrogen-bond acceptors (Lipinski definition) is 6. The first-order valence-electron chi connectivity index (χ1n) is 6.39. The topological polar surface area (TPSA) is 75.3 Å². The van der Waals surface area contributed by atoms with E-state index in [-0.39, 0.29) is 18.1 Å². The van der Waals surface area contributed by atoms with E-state index < -0.39 is 0 Å². The fraction of sp³-hybridized carbons (Fsp3) is 0.462. The van der Waals surface area contributed by atoms with Crippen LogP contribution in [0.3, 0.4) is 0 Å². The summed E-state index contributed by atoms with van der Waals surface area (Å²) in [7, 11) is 1.37. The van der Waals surface area contributed by atoms with Crippen molar-refractivity contribution in [1.29, 1.82) is 0 Å². The molecule has 0 saturated heterocycles. The zero-order valence-corrected chi connectivity index (χ0v) is 12.3. The Labute approximate surface area is 120 Å². The van der Waals surface area contributed by atoms with Gasteiger partial charge in [0.05, 0.1) is 25.7 Å². The second kappa shape index (κ2) is 6.62. The van der Waals surface area contributed by atoms with Gasteiger partial charge in [-0.1, -0.05) is 6.92 Å². The van der Waals surface area contributed by atoms with Crippen molar-refractivity contribution >= 4 is 27.5 Å². The Morgan fingerprint density at radius 3 is 3.05 bits per heavy atom. The van der Waals surface area contributed by atoms with Crippen LogP contribution in [-0.4, -0.2) is 41.0 Å². The highest BCUT2D eigenvalue weighted by Gasteiger charge is 2.13. The molecule has 2 heterocycles. The Bertz CT molecular complexity index is 650. The summed E-state index contributed by atoms with van der Waals surface area (Å²) in [5.41, 5.74) is 0.567.